The quantitative estimate of drug-likeness (QED) is 0.642. The number of nitrogens with two attached hydrogens (primary N) is 1. The van der Waals surface area contributed by atoms with Gasteiger partial charge in [-0.05, 0) is 29.5 Å². The maximum absolute atomic E-state index is 12.5. The molecule has 26 heavy (non-hydrogen) atoms. The van der Waals surface area contributed by atoms with Crippen LogP contribution in [0.3, 0.4) is 0 Å². The Bertz CT molecular complexity index is 975. The lowest BCUT2D eigenvalue weighted by atomic mass is 10.0. The molecule has 134 valence electrons. The number of carbonyl (C=O) groups is 2. The number of fused-ring (bicyclic) bond motifs is 2. The monoisotopic (exact) mass is 368 g/mol. The molecule has 0 fully saturated rings. The van der Waals surface area contributed by atoms with E-state index in [-0.39, 0.29) is 18.5 Å². The molecule has 4 N–H and O–H groups in total. The number of hydrogen-bond acceptors (Lipinski definition) is 4. The maximum Gasteiger partial charge on any atom is 0.250 e. The highest BCUT2D eigenvalue weighted by atomic mass is 32.1. The van der Waals surface area contributed by atoms with Crippen molar-refractivity contribution in [2.45, 2.75) is 19.0 Å². The van der Waals surface area contributed by atoms with Crippen molar-refractivity contribution in [2.24, 2.45) is 5.73 Å². The highest BCUT2D eigenvalue weighted by molar-refractivity contribution is 7.10. The van der Waals surface area contributed by atoms with Gasteiger partial charge < -0.3 is 20.9 Å². The van der Waals surface area contributed by atoms with Gasteiger partial charge in [0.15, 0.2) is 0 Å². The normalized spacial score (nSPS) is 16.4. The summed E-state index contributed by atoms with van der Waals surface area (Å²) < 4.78 is 1.77. The summed E-state index contributed by atoms with van der Waals surface area (Å²) in [6.45, 7) is 1.62. The molecule has 1 aliphatic rings. The molecule has 2 amide bonds. The number of rotatable bonds is 5. The van der Waals surface area contributed by atoms with Gasteiger partial charge in [-0.2, -0.15) is 0 Å². The summed E-state index contributed by atoms with van der Waals surface area (Å²) in [5.41, 5.74) is 8.00. The molecule has 0 saturated carbocycles. The number of hydrogen-bond donors (Lipinski definition) is 3. The molecule has 1 aliphatic heterocycles. The SMILES string of the molecule is NC(=O)c1cn(CC(=O)NCC2NCCc3sccc32)c2ccccc12. The van der Waals surface area contributed by atoms with Crippen LogP contribution >= 0.6 is 11.3 Å². The Morgan fingerprint density at radius 3 is 3.00 bits per heavy atom. The van der Waals surface area contributed by atoms with Crippen molar-refractivity contribution in [1.82, 2.24) is 15.2 Å². The first-order chi connectivity index (χ1) is 12.6. The van der Waals surface area contributed by atoms with Crippen LogP contribution in [0.15, 0.2) is 41.9 Å². The number of benzene rings is 1. The molecule has 6 nitrogen and oxygen atoms in total. The maximum atomic E-state index is 12.5. The van der Waals surface area contributed by atoms with Crippen LogP contribution < -0.4 is 16.4 Å². The second-order valence-corrected chi connectivity index (χ2v) is 7.41. The second-order valence-electron chi connectivity index (χ2n) is 6.41. The van der Waals surface area contributed by atoms with E-state index in [4.69, 9.17) is 5.73 Å². The summed E-state index contributed by atoms with van der Waals surface area (Å²) in [6.07, 6.45) is 2.70. The van der Waals surface area contributed by atoms with Gasteiger partial charge in [0.1, 0.15) is 6.54 Å². The average molecular weight is 368 g/mol. The second kappa shape index (κ2) is 6.93. The van der Waals surface area contributed by atoms with Crippen molar-refractivity contribution in [2.75, 3.05) is 13.1 Å². The molecule has 1 atom stereocenters. The van der Waals surface area contributed by atoms with Crippen LogP contribution in [0.25, 0.3) is 10.9 Å². The van der Waals surface area contributed by atoms with Gasteiger partial charge in [0.2, 0.25) is 5.91 Å². The van der Waals surface area contributed by atoms with E-state index in [2.05, 4.69) is 22.1 Å². The molecule has 7 heteroatoms. The zero-order valence-electron chi connectivity index (χ0n) is 14.2. The lowest BCUT2D eigenvalue weighted by molar-refractivity contribution is -0.121. The minimum atomic E-state index is -0.489. The fourth-order valence-electron chi connectivity index (χ4n) is 3.52. The first-order valence-electron chi connectivity index (χ1n) is 8.57. The Labute approximate surface area is 155 Å². The fraction of sp³-hybridized carbons (Fsp3) is 0.263. The van der Waals surface area contributed by atoms with E-state index in [1.165, 1.54) is 10.4 Å². The van der Waals surface area contributed by atoms with Gasteiger partial charge >= 0.3 is 0 Å². The smallest absolute Gasteiger partial charge is 0.250 e. The lowest BCUT2D eigenvalue weighted by Crippen LogP contribution is -2.39. The van der Waals surface area contributed by atoms with E-state index in [9.17, 15) is 9.59 Å². The van der Waals surface area contributed by atoms with E-state index in [1.54, 1.807) is 22.1 Å². The van der Waals surface area contributed by atoms with Gasteiger partial charge in [0.05, 0.1) is 11.6 Å². The standard InChI is InChI=1S/C19H20N4O2S/c20-19(25)14-10-23(16-4-2-1-3-12(14)16)11-18(24)22-9-15-13-6-8-26-17(13)5-7-21-15/h1-4,6,8,10,15,21H,5,7,9,11H2,(H2,20,25)(H,22,24). The van der Waals surface area contributed by atoms with Crippen molar-refractivity contribution in [1.29, 1.82) is 0 Å². The molecule has 3 heterocycles. The predicted octanol–water partition coefficient (Wildman–Crippen LogP) is 1.80. The number of nitrogens with one attached hydrogen (secondary N) is 2. The van der Waals surface area contributed by atoms with Crippen molar-refractivity contribution in [3.8, 4) is 0 Å². The molecular weight excluding hydrogens is 348 g/mol. The van der Waals surface area contributed by atoms with Crippen LogP contribution in [0, 0.1) is 0 Å². The number of aromatic nitrogens is 1. The van der Waals surface area contributed by atoms with E-state index in [0.717, 1.165) is 23.9 Å². The fourth-order valence-corrected chi connectivity index (χ4v) is 4.46. The Morgan fingerprint density at radius 1 is 1.31 bits per heavy atom. The van der Waals surface area contributed by atoms with Crippen LogP contribution in [0.2, 0.25) is 0 Å². The van der Waals surface area contributed by atoms with Crippen LogP contribution in [-0.4, -0.2) is 29.5 Å². The molecule has 0 spiro atoms. The number of para-hydroxylation sites is 1. The van der Waals surface area contributed by atoms with Crippen molar-refractivity contribution in [3.63, 3.8) is 0 Å². The summed E-state index contributed by atoms with van der Waals surface area (Å²) in [5, 5.41) is 9.32. The Hall–Kier alpha value is -2.64. The first kappa shape index (κ1) is 16.8. The predicted molar refractivity (Wildman–Crippen MR) is 102 cm³/mol. The summed E-state index contributed by atoms with van der Waals surface area (Å²) in [5.74, 6) is -0.581. The third-order valence-electron chi connectivity index (χ3n) is 4.77. The highest BCUT2D eigenvalue weighted by Crippen LogP contribution is 2.27. The van der Waals surface area contributed by atoms with Gasteiger partial charge in [-0.1, -0.05) is 18.2 Å². The minimum absolute atomic E-state index is 0.0917. The molecule has 0 saturated heterocycles. The van der Waals surface area contributed by atoms with Crippen LogP contribution in [-0.2, 0) is 17.8 Å². The molecule has 0 bridgehead atoms. The number of nitrogens with zero attached hydrogens (tertiary/aromatic N) is 1. The van der Waals surface area contributed by atoms with Gasteiger partial charge in [-0.3, -0.25) is 9.59 Å². The third kappa shape index (κ3) is 3.11. The summed E-state index contributed by atoms with van der Waals surface area (Å²) in [7, 11) is 0. The summed E-state index contributed by atoms with van der Waals surface area (Å²) >= 11 is 1.77. The van der Waals surface area contributed by atoms with Gasteiger partial charge in [0, 0.05) is 35.1 Å². The molecule has 4 rings (SSSR count). The van der Waals surface area contributed by atoms with Gasteiger partial charge in [-0.25, -0.2) is 0 Å². The van der Waals surface area contributed by atoms with Gasteiger partial charge in [-0.15, -0.1) is 11.3 Å². The van der Waals surface area contributed by atoms with E-state index >= 15 is 0 Å². The first-order valence-corrected chi connectivity index (χ1v) is 9.45. The Kier molecular flexibility index (Phi) is 4.48. The average Bonchev–Trinajstić information content (AvgIpc) is 3.25. The Morgan fingerprint density at radius 2 is 2.15 bits per heavy atom. The summed E-state index contributed by atoms with van der Waals surface area (Å²) in [6, 6.07) is 9.74. The van der Waals surface area contributed by atoms with E-state index in [1.807, 2.05) is 24.3 Å². The van der Waals surface area contributed by atoms with E-state index < -0.39 is 5.91 Å². The molecule has 3 aromatic rings. The minimum Gasteiger partial charge on any atom is -0.366 e. The van der Waals surface area contributed by atoms with Crippen LogP contribution in [0.1, 0.15) is 26.8 Å². The molecular formula is C19H20N4O2S. The largest absolute Gasteiger partial charge is 0.366 e. The molecule has 1 unspecified atom stereocenters. The summed E-state index contributed by atoms with van der Waals surface area (Å²) in [4.78, 5) is 25.5. The molecule has 0 radical (unpaired) electrons. The Balaban J connectivity index is 1.46. The molecule has 1 aromatic carbocycles. The zero-order chi connectivity index (χ0) is 18.1. The van der Waals surface area contributed by atoms with Gasteiger partial charge in [0.25, 0.3) is 5.91 Å². The van der Waals surface area contributed by atoms with Crippen molar-refractivity contribution < 1.29 is 9.59 Å². The number of thiophene rings is 1. The van der Waals surface area contributed by atoms with Crippen molar-refractivity contribution >= 4 is 34.1 Å². The highest BCUT2D eigenvalue weighted by Gasteiger charge is 2.21. The van der Waals surface area contributed by atoms with Crippen LogP contribution in [0.5, 0.6) is 0 Å². The number of carbonyl (C=O) groups excluding carboxylic acids is 2. The number of amides is 2. The van der Waals surface area contributed by atoms with E-state index in [0.29, 0.717) is 12.1 Å². The molecule has 2 aromatic heterocycles. The molecule has 0 aliphatic carbocycles. The third-order valence-corrected chi connectivity index (χ3v) is 5.77. The van der Waals surface area contributed by atoms with Crippen LogP contribution in [0.4, 0.5) is 0 Å². The lowest BCUT2D eigenvalue weighted by Gasteiger charge is -2.24. The zero-order valence-corrected chi connectivity index (χ0v) is 15.0. The van der Waals surface area contributed by atoms with Crippen molar-refractivity contribution in [3.05, 3.63) is 57.9 Å². The topological polar surface area (TPSA) is 89.2 Å². The number of primary amides is 1.